The van der Waals surface area contributed by atoms with Crippen molar-refractivity contribution in [1.29, 1.82) is 0 Å². The van der Waals surface area contributed by atoms with E-state index in [4.69, 9.17) is 0 Å². The molecule has 1 amide bonds. The van der Waals surface area contributed by atoms with Crippen molar-refractivity contribution in [3.05, 3.63) is 65.7 Å². The Bertz CT molecular complexity index is 646. The highest BCUT2D eigenvalue weighted by Gasteiger charge is 2.03. The minimum absolute atomic E-state index is 0.115. The number of nitrogens with one attached hydrogen (secondary N) is 1. The summed E-state index contributed by atoms with van der Waals surface area (Å²) < 4.78 is 0. The Morgan fingerprint density at radius 2 is 1.68 bits per heavy atom. The van der Waals surface area contributed by atoms with E-state index in [0.29, 0.717) is 6.42 Å². The first-order valence-electron chi connectivity index (χ1n) is 7.21. The molecule has 2 rings (SSSR count). The van der Waals surface area contributed by atoms with Gasteiger partial charge >= 0.3 is 0 Å². The Balaban J connectivity index is 1.95. The molecule has 4 nitrogen and oxygen atoms in total. The molecule has 0 heterocycles. The summed E-state index contributed by atoms with van der Waals surface area (Å²) in [6, 6.07) is 17.7. The maximum absolute atomic E-state index is 11.9. The number of hydrogen-bond acceptors (Lipinski definition) is 3. The number of hydrogen-bond donors (Lipinski definition) is 1. The van der Waals surface area contributed by atoms with E-state index in [-0.39, 0.29) is 5.91 Å². The van der Waals surface area contributed by atoms with E-state index in [9.17, 15) is 4.79 Å². The number of hydrazone groups is 1. The highest BCUT2D eigenvalue weighted by molar-refractivity contribution is 5.99. The van der Waals surface area contributed by atoms with E-state index in [1.54, 1.807) is 0 Å². The molecule has 0 aliphatic carbocycles. The fourth-order valence-electron chi connectivity index (χ4n) is 2.03. The smallest absolute Gasteiger partial charge is 0.244 e. The van der Waals surface area contributed by atoms with Gasteiger partial charge in [0.1, 0.15) is 0 Å². The first-order chi connectivity index (χ1) is 10.6. The number of carbonyl (C=O) groups excluding carboxylic acids is 1. The van der Waals surface area contributed by atoms with Gasteiger partial charge in [0.15, 0.2) is 0 Å². The number of anilines is 1. The van der Waals surface area contributed by atoms with Crippen molar-refractivity contribution in [2.24, 2.45) is 5.10 Å². The molecular weight excluding hydrogens is 274 g/mol. The van der Waals surface area contributed by atoms with Crippen molar-refractivity contribution in [3.8, 4) is 0 Å². The quantitative estimate of drug-likeness (QED) is 0.681. The lowest BCUT2D eigenvalue weighted by atomic mass is 10.1. The molecule has 22 heavy (non-hydrogen) atoms. The SMILES string of the molecule is C/C(=N/NC(=O)Cc1ccccc1)c1ccc(N(C)C)cc1. The Kier molecular flexibility index (Phi) is 5.31. The summed E-state index contributed by atoms with van der Waals surface area (Å²) in [7, 11) is 4.00. The Labute approximate surface area is 131 Å². The van der Waals surface area contributed by atoms with E-state index in [1.165, 1.54) is 0 Å². The predicted molar refractivity (Wildman–Crippen MR) is 91.3 cm³/mol. The number of benzene rings is 2. The lowest BCUT2D eigenvalue weighted by molar-refractivity contribution is -0.120. The van der Waals surface area contributed by atoms with Crippen LogP contribution in [0.5, 0.6) is 0 Å². The molecular formula is C18H21N3O. The third kappa shape index (κ3) is 4.45. The molecule has 0 unspecified atom stereocenters. The summed E-state index contributed by atoms with van der Waals surface area (Å²) in [6.07, 6.45) is 0.331. The molecule has 0 fully saturated rings. The molecule has 4 heteroatoms. The Morgan fingerprint density at radius 3 is 2.27 bits per heavy atom. The van der Waals surface area contributed by atoms with E-state index in [1.807, 2.05) is 80.5 Å². The van der Waals surface area contributed by atoms with Gasteiger partial charge in [-0.25, -0.2) is 5.43 Å². The molecule has 0 atom stereocenters. The van der Waals surface area contributed by atoms with E-state index in [2.05, 4.69) is 10.5 Å². The third-order valence-electron chi connectivity index (χ3n) is 3.36. The largest absolute Gasteiger partial charge is 0.378 e. The van der Waals surface area contributed by atoms with Gasteiger partial charge in [-0.2, -0.15) is 5.10 Å². The van der Waals surface area contributed by atoms with Crippen LogP contribution in [0.25, 0.3) is 0 Å². The van der Waals surface area contributed by atoms with E-state index < -0.39 is 0 Å². The van der Waals surface area contributed by atoms with Gasteiger partial charge in [-0.05, 0) is 30.2 Å². The molecule has 0 aliphatic rings. The lowest BCUT2D eigenvalue weighted by Gasteiger charge is -2.12. The molecule has 2 aromatic rings. The topological polar surface area (TPSA) is 44.7 Å². The highest BCUT2D eigenvalue weighted by atomic mass is 16.2. The fraction of sp³-hybridized carbons (Fsp3) is 0.222. The lowest BCUT2D eigenvalue weighted by Crippen LogP contribution is -2.21. The first-order valence-corrected chi connectivity index (χ1v) is 7.21. The fourth-order valence-corrected chi connectivity index (χ4v) is 2.03. The summed E-state index contributed by atoms with van der Waals surface area (Å²) in [4.78, 5) is 13.9. The maximum atomic E-state index is 11.9. The van der Waals surface area contributed by atoms with Gasteiger partial charge in [0, 0.05) is 19.8 Å². The minimum Gasteiger partial charge on any atom is -0.378 e. The standard InChI is InChI=1S/C18H21N3O/c1-14(16-9-11-17(12-10-16)21(2)3)19-20-18(22)13-15-7-5-4-6-8-15/h4-12H,13H2,1-3H3,(H,20,22)/b19-14-. The van der Waals surface area contributed by atoms with Crippen molar-refractivity contribution >= 4 is 17.3 Å². The number of rotatable bonds is 5. The Morgan fingerprint density at radius 1 is 1.05 bits per heavy atom. The molecule has 0 aromatic heterocycles. The van der Waals surface area contributed by atoms with Gasteiger partial charge in [-0.15, -0.1) is 0 Å². The second-order valence-corrected chi connectivity index (χ2v) is 5.34. The second-order valence-electron chi connectivity index (χ2n) is 5.34. The first kappa shape index (κ1) is 15.8. The van der Waals surface area contributed by atoms with Crippen LogP contribution >= 0.6 is 0 Å². The molecule has 0 bridgehead atoms. The van der Waals surface area contributed by atoms with Crippen LogP contribution < -0.4 is 10.3 Å². The van der Waals surface area contributed by atoms with Crippen LogP contribution in [0.3, 0.4) is 0 Å². The molecule has 0 saturated carbocycles. The maximum Gasteiger partial charge on any atom is 0.244 e. The van der Waals surface area contributed by atoms with Crippen molar-refractivity contribution < 1.29 is 4.79 Å². The number of amides is 1. The van der Waals surface area contributed by atoms with Gasteiger partial charge in [0.2, 0.25) is 5.91 Å². The Hall–Kier alpha value is -2.62. The monoisotopic (exact) mass is 295 g/mol. The van der Waals surface area contributed by atoms with Crippen molar-refractivity contribution in [2.45, 2.75) is 13.3 Å². The van der Waals surface area contributed by atoms with Crippen molar-refractivity contribution in [2.75, 3.05) is 19.0 Å². The molecule has 0 spiro atoms. The zero-order valence-electron chi connectivity index (χ0n) is 13.2. The third-order valence-corrected chi connectivity index (χ3v) is 3.36. The summed E-state index contributed by atoms with van der Waals surface area (Å²) in [5.74, 6) is -0.115. The number of nitrogens with zero attached hydrogens (tertiary/aromatic N) is 2. The average molecular weight is 295 g/mol. The van der Waals surface area contributed by atoms with Crippen LogP contribution in [0.2, 0.25) is 0 Å². The van der Waals surface area contributed by atoms with Gasteiger partial charge in [-0.1, -0.05) is 42.5 Å². The normalized spacial score (nSPS) is 11.1. The van der Waals surface area contributed by atoms with Crippen molar-refractivity contribution in [1.82, 2.24) is 5.43 Å². The molecule has 0 saturated heterocycles. The minimum atomic E-state index is -0.115. The van der Waals surface area contributed by atoms with Crippen molar-refractivity contribution in [3.63, 3.8) is 0 Å². The molecule has 0 radical (unpaired) electrons. The van der Waals surface area contributed by atoms with Gasteiger partial charge in [0.05, 0.1) is 12.1 Å². The van der Waals surface area contributed by atoms with Gasteiger partial charge in [-0.3, -0.25) is 4.79 Å². The number of carbonyl (C=O) groups is 1. The van der Waals surface area contributed by atoms with Gasteiger partial charge in [0.25, 0.3) is 0 Å². The highest BCUT2D eigenvalue weighted by Crippen LogP contribution is 2.12. The summed E-state index contributed by atoms with van der Waals surface area (Å²) in [5, 5.41) is 4.17. The molecule has 114 valence electrons. The zero-order chi connectivity index (χ0) is 15.9. The van der Waals surface area contributed by atoms with Gasteiger partial charge < -0.3 is 4.90 Å². The average Bonchev–Trinajstić information content (AvgIpc) is 2.53. The van der Waals surface area contributed by atoms with Crippen LogP contribution in [0, 0.1) is 0 Å². The van der Waals surface area contributed by atoms with Crippen LogP contribution in [0.15, 0.2) is 59.7 Å². The summed E-state index contributed by atoms with van der Waals surface area (Å²) in [6.45, 7) is 1.88. The predicted octanol–water partition coefficient (Wildman–Crippen LogP) is 2.84. The van der Waals surface area contributed by atoms with E-state index >= 15 is 0 Å². The summed E-state index contributed by atoms with van der Waals surface area (Å²) in [5.41, 5.74) is 6.49. The zero-order valence-corrected chi connectivity index (χ0v) is 13.2. The summed E-state index contributed by atoms with van der Waals surface area (Å²) >= 11 is 0. The molecule has 2 aromatic carbocycles. The van der Waals surface area contributed by atoms with Crippen LogP contribution in [-0.2, 0) is 11.2 Å². The van der Waals surface area contributed by atoms with Crippen LogP contribution in [0.4, 0.5) is 5.69 Å². The molecule has 1 N–H and O–H groups in total. The second kappa shape index (κ2) is 7.41. The molecule has 0 aliphatic heterocycles. The van der Waals surface area contributed by atoms with Crippen LogP contribution in [-0.4, -0.2) is 25.7 Å². The van der Waals surface area contributed by atoms with E-state index in [0.717, 1.165) is 22.5 Å². The van der Waals surface area contributed by atoms with Crippen LogP contribution in [0.1, 0.15) is 18.1 Å².